The molecule has 2 rings (SSSR count). The lowest BCUT2D eigenvalue weighted by molar-refractivity contribution is -0.130. The first kappa shape index (κ1) is 14.9. The van der Waals surface area contributed by atoms with E-state index in [0.717, 1.165) is 5.76 Å². The summed E-state index contributed by atoms with van der Waals surface area (Å²) in [6, 6.07) is 5.05. The molecule has 0 atom stereocenters. The Morgan fingerprint density at radius 2 is 2.10 bits per heavy atom. The third-order valence-corrected chi connectivity index (χ3v) is 3.18. The smallest absolute Gasteiger partial charge is 0.339 e. The Morgan fingerprint density at radius 3 is 2.67 bits per heavy atom. The lowest BCUT2D eigenvalue weighted by Gasteiger charge is -2.15. The second kappa shape index (κ2) is 6.30. The van der Waals surface area contributed by atoms with Crippen LogP contribution in [0.3, 0.4) is 0 Å². The van der Waals surface area contributed by atoms with Crippen LogP contribution in [0.1, 0.15) is 34.1 Å². The second-order valence-electron chi connectivity index (χ2n) is 4.82. The first-order valence-corrected chi connectivity index (χ1v) is 6.56. The van der Waals surface area contributed by atoms with E-state index in [1.807, 2.05) is 6.07 Å². The molecule has 0 aromatic carbocycles. The minimum Gasteiger partial charge on any atom is -0.478 e. The van der Waals surface area contributed by atoms with E-state index in [0.29, 0.717) is 24.4 Å². The predicted molar refractivity (Wildman–Crippen MR) is 73.9 cm³/mol. The number of carboxylic acids is 1. The molecule has 0 aliphatic heterocycles. The molecule has 0 spiro atoms. The number of hydrogen-bond donors (Lipinski definition) is 1. The van der Waals surface area contributed by atoms with Crippen molar-refractivity contribution in [2.24, 2.45) is 0 Å². The molecule has 6 nitrogen and oxygen atoms in total. The molecule has 2 heterocycles. The van der Waals surface area contributed by atoms with Crippen LogP contribution in [0, 0.1) is 6.92 Å². The summed E-state index contributed by atoms with van der Waals surface area (Å²) in [5.41, 5.74) is 0.126. The van der Waals surface area contributed by atoms with Crippen molar-refractivity contribution in [3.63, 3.8) is 0 Å². The van der Waals surface area contributed by atoms with Gasteiger partial charge in [0, 0.05) is 19.9 Å². The number of aromatic carboxylic acids is 1. The zero-order chi connectivity index (χ0) is 15.4. The van der Waals surface area contributed by atoms with Crippen molar-refractivity contribution in [1.29, 1.82) is 0 Å². The van der Waals surface area contributed by atoms with Gasteiger partial charge < -0.3 is 18.8 Å². The highest BCUT2D eigenvalue weighted by Crippen LogP contribution is 2.16. The fourth-order valence-corrected chi connectivity index (χ4v) is 2.03. The van der Waals surface area contributed by atoms with Crippen LogP contribution in [0.2, 0.25) is 0 Å². The quantitative estimate of drug-likeness (QED) is 0.883. The summed E-state index contributed by atoms with van der Waals surface area (Å²) in [4.78, 5) is 24.4. The molecule has 21 heavy (non-hydrogen) atoms. The van der Waals surface area contributed by atoms with Crippen molar-refractivity contribution in [3.05, 3.63) is 47.3 Å². The Morgan fingerprint density at radius 1 is 1.33 bits per heavy atom. The highest BCUT2D eigenvalue weighted by Gasteiger charge is 2.17. The van der Waals surface area contributed by atoms with Crippen molar-refractivity contribution in [3.8, 4) is 0 Å². The summed E-state index contributed by atoms with van der Waals surface area (Å²) < 4.78 is 10.5. The summed E-state index contributed by atoms with van der Waals surface area (Å²) in [6.45, 7) is 1.83. The number of rotatable bonds is 6. The van der Waals surface area contributed by atoms with Crippen LogP contribution in [0.25, 0.3) is 0 Å². The number of aryl methyl sites for hydroxylation is 2. The number of nitrogens with zero attached hydrogens (tertiary/aromatic N) is 1. The van der Waals surface area contributed by atoms with Gasteiger partial charge in [0.1, 0.15) is 22.8 Å². The number of hydrogen-bond acceptors (Lipinski definition) is 4. The maximum absolute atomic E-state index is 12.0. The van der Waals surface area contributed by atoms with E-state index in [4.69, 9.17) is 13.9 Å². The molecule has 0 fully saturated rings. The van der Waals surface area contributed by atoms with E-state index in [9.17, 15) is 9.59 Å². The van der Waals surface area contributed by atoms with Gasteiger partial charge in [-0.2, -0.15) is 0 Å². The Kier molecular flexibility index (Phi) is 4.47. The molecule has 6 heteroatoms. The van der Waals surface area contributed by atoms with E-state index in [1.165, 1.54) is 11.0 Å². The third kappa shape index (κ3) is 3.75. The number of carboxylic acid groups (broad SMARTS) is 1. The second-order valence-corrected chi connectivity index (χ2v) is 4.82. The standard InChI is InChI=1S/C15H17NO5/c1-10-13(15(18)19)8-12(21-10)9-16(2)14(17)6-5-11-4-3-7-20-11/h3-4,7-8H,5-6,9H2,1-2H3,(H,18,19). The molecule has 2 aromatic rings. The molecule has 0 aliphatic rings. The Balaban J connectivity index is 1.91. The van der Waals surface area contributed by atoms with Gasteiger partial charge >= 0.3 is 5.97 Å². The molecule has 112 valence electrons. The lowest BCUT2D eigenvalue weighted by atomic mass is 10.2. The monoisotopic (exact) mass is 291 g/mol. The minimum atomic E-state index is -1.03. The molecular weight excluding hydrogens is 274 g/mol. The van der Waals surface area contributed by atoms with Crippen LogP contribution in [-0.2, 0) is 17.8 Å². The van der Waals surface area contributed by atoms with Crippen LogP contribution in [-0.4, -0.2) is 28.9 Å². The van der Waals surface area contributed by atoms with Gasteiger partial charge in [-0.15, -0.1) is 0 Å². The molecule has 1 amide bonds. The van der Waals surface area contributed by atoms with E-state index in [2.05, 4.69) is 0 Å². The molecule has 0 saturated carbocycles. The van der Waals surface area contributed by atoms with Crippen LogP contribution < -0.4 is 0 Å². The van der Waals surface area contributed by atoms with Crippen molar-refractivity contribution in [1.82, 2.24) is 4.90 Å². The van der Waals surface area contributed by atoms with Crippen LogP contribution in [0.4, 0.5) is 0 Å². The zero-order valence-electron chi connectivity index (χ0n) is 12.0. The molecular formula is C15H17NO5. The van der Waals surface area contributed by atoms with E-state index in [1.54, 1.807) is 26.3 Å². The number of carbonyl (C=O) groups is 2. The lowest BCUT2D eigenvalue weighted by Crippen LogP contribution is -2.26. The first-order valence-electron chi connectivity index (χ1n) is 6.56. The van der Waals surface area contributed by atoms with Crippen LogP contribution >= 0.6 is 0 Å². The molecule has 1 N–H and O–H groups in total. The number of amides is 1. The number of carbonyl (C=O) groups excluding carboxylic acids is 1. The fraction of sp³-hybridized carbons (Fsp3) is 0.333. The van der Waals surface area contributed by atoms with Gasteiger partial charge in [-0.05, 0) is 25.1 Å². The molecule has 0 radical (unpaired) electrons. The van der Waals surface area contributed by atoms with Crippen molar-refractivity contribution in [2.45, 2.75) is 26.3 Å². The van der Waals surface area contributed by atoms with Crippen LogP contribution in [0.5, 0.6) is 0 Å². The molecule has 0 bridgehead atoms. The summed E-state index contributed by atoms with van der Waals surface area (Å²) in [6.07, 6.45) is 2.44. The summed E-state index contributed by atoms with van der Waals surface area (Å²) in [7, 11) is 1.66. The zero-order valence-corrected chi connectivity index (χ0v) is 12.0. The molecule has 2 aromatic heterocycles. The van der Waals surface area contributed by atoms with Gasteiger partial charge in [0.2, 0.25) is 5.91 Å². The van der Waals surface area contributed by atoms with Crippen molar-refractivity contribution < 1.29 is 23.5 Å². The van der Waals surface area contributed by atoms with Crippen LogP contribution in [0.15, 0.2) is 33.3 Å². The largest absolute Gasteiger partial charge is 0.478 e. The molecule has 0 aliphatic carbocycles. The summed E-state index contributed by atoms with van der Waals surface area (Å²) in [5.74, 6) is 0.470. The highest BCUT2D eigenvalue weighted by atomic mass is 16.4. The van der Waals surface area contributed by atoms with Gasteiger partial charge in [0.05, 0.1) is 12.8 Å². The first-order chi connectivity index (χ1) is 9.97. The van der Waals surface area contributed by atoms with Crippen molar-refractivity contribution in [2.75, 3.05) is 7.05 Å². The van der Waals surface area contributed by atoms with Gasteiger partial charge in [-0.25, -0.2) is 4.79 Å². The predicted octanol–water partition coefficient (Wildman–Crippen LogP) is 2.47. The van der Waals surface area contributed by atoms with Gasteiger partial charge in [-0.3, -0.25) is 4.79 Å². The van der Waals surface area contributed by atoms with Gasteiger partial charge in [0.15, 0.2) is 0 Å². The number of furan rings is 2. The van der Waals surface area contributed by atoms with E-state index >= 15 is 0 Å². The fourth-order valence-electron chi connectivity index (χ4n) is 2.03. The maximum Gasteiger partial charge on any atom is 0.339 e. The van der Waals surface area contributed by atoms with Gasteiger partial charge in [0.25, 0.3) is 0 Å². The topological polar surface area (TPSA) is 83.9 Å². The SMILES string of the molecule is Cc1oc(CN(C)C(=O)CCc2ccco2)cc1C(=O)O. The molecule has 0 unspecified atom stereocenters. The Labute approximate surface area is 122 Å². The average molecular weight is 291 g/mol. The average Bonchev–Trinajstić information content (AvgIpc) is 3.05. The summed E-state index contributed by atoms with van der Waals surface area (Å²) >= 11 is 0. The minimum absolute atomic E-state index is 0.0580. The highest BCUT2D eigenvalue weighted by molar-refractivity contribution is 5.88. The Bertz CT molecular complexity index is 627. The van der Waals surface area contributed by atoms with E-state index in [-0.39, 0.29) is 18.0 Å². The third-order valence-electron chi connectivity index (χ3n) is 3.18. The summed E-state index contributed by atoms with van der Waals surface area (Å²) in [5, 5.41) is 8.96. The maximum atomic E-state index is 12.0. The normalized spacial score (nSPS) is 10.6. The Hall–Kier alpha value is -2.50. The van der Waals surface area contributed by atoms with Gasteiger partial charge in [-0.1, -0.05) is 0 Å². The molecule has 0 saturated heterocycles. The van der Waals surface area contributed by atoms with E-state index < -0.39 is 5.97 Å². The van der Waals surface area contributed by atoms with Crippen molar-refractivity contribution >= 4 is 11.9 Å².